The lowest BCUT2D eigenvalue weighted by atomic mass is 10.0. The highest BCUT2D eigenvalue weighted by Crippen LogP contribution is 2.23. The fraction of sp³-hybridized carbons (Fsp3) is 0.400. The maximum absolute atomic E-state index is 6.03. The molecule has 0 amide bonds. The van der Waals surface area contributed by atoms with Crippen molar-refractivity contribution in [2.45, 2.75) is 32.4 Å². The van der Waals surface area contributed by atoms with Crippen molar-refractivity contribution >= 4 is 22.9 Å². The van der Waals surface area contributed by atoms with Gasteiger partial charge in [0.2, 0.25) is 0 Å². The normalized spacial score (nSPS) is 14.2. The third kappa shape index (κ3) is 4.03. The van der Waals surface area contributed by atoms with Gasteiger partial charge < -0.3 is 10.5 Å². The topological polar surface area (TPSA) is 48.1 Å². The van der Waals surface area contributed by atoms with Crippen LogP contribution in [-0.2, 0) is 11.2 Å². The first-order valence-electron chi connectivity index (χ1n) is 6.59. The number of halogens is 1. The average molecular weight is 311 g/mol. The molecule has 108 valence electrons. The molecule has 1 aromatic heterocycles. The lowest BCUT2D eigenvalue weighted by Gasteiger charge is -2.22. The van der Waals surface area contributed by atoms with Gasteiger partial charge in [-0.05, 0) is 31.5 Å². The van der Waals surface area contributed by atoms with Crippen LogP contribution in [0.15, 0.2) is 29.8 Å². The van der Waals surface area contributed by atoms with Crippen LogP contribution in [0, 0.1) is 6.92 Å². The van der Waals surface area contributed by atoms with E-state index in [1.165, 1.54) is 4.88 Å². The molecule has 0 radical (unpaired) electrons. The van der Waals surface area contributed by atoms with Crippen molar-refractivity contribution in [1.82, 2.24) is 4.98 Å². The number of aromatic nitrogens is 1. The second kappa shape index (κ2) is 7.18. The highest BCUT2D eigenvalue weighted by Gasteiger charge is 2.17. The average Bonchev–Trinajstić information content (AvgIpc) is 2.81. The highest BCUT2D eigenvalue weighted by atomic mass is 35.5. The van der Waals surface area contributed by atoms with E-state index in [2.05, 4.69) is 4.98 Å². The zero-order chi connectivity index (χ0) is 14.5. The molecule has 0 aliphatic rings. The summed E-state index contributed by atoms with van der Waals surface area (Å²) in [5.41, 5.74) is 10.0. The Morgan fingerprint density at radius 2 is 2.05 bits per heavy atom. The lowest BCUT2D eigenvalue weighted by molar-refractivity contribution is 0.0406. The number of aryl methyl sites for hydroxylation is 1. The van der Waals surface area contributed by atoms with Crippen LogP contribution in [0.2, 0.25) is 5.02 Å². The summed E-state index contributed by atoms with van der Waals surface area (Å²) < 4.78 is 5.97. The van der Waals surface area contributed by atoms with Gasteiger partial charge in [-0.25, -0.2) is 4.98 Å². The van der Waals surface area contributed by atoms with Gasteiger partial charge in [0.15, 0.2) is 0 Å². The van der Waals surface area contributed by atoms with Crippen LogP contribution in [0.3, 0.4) is 0 Å². The van der Waals surface area contributed by atoms with Crippen LogP contribution in [0.1, 0.15) is 29.2 Å². The Hall–Kier alpha value is -0.940. The lowest BCUT2D eigenvalue weighted by Crippen LogP contribution is -2.27. The zero-order valence-corrected chi connectivity index (χ0v) is 13.2. The van der Waals surface area contributed by atoms with E-state index in [1.54, 1.807) is 11.3 Å². The highest BCUT2D eigenvalue weighted by molar-refractivity contribution is 7.09. The van der Waals surface area contributed by atoms with Gasteiger partial charge in [0.1, 0.15) is 0 Å². The van der Waals surface area contributed by atoms with Gasteiger partial charge in [0, 0.05) is 22.4 Å². The number of rotatable bonds is 6. The van der Waals surface area contributed by atoms with E-state index in [4.69, 9.17) is 22.1 Å². The molecule has 1 aromatic carbocycles. The number of hydrogen-bond acceptors (Lipinski definition) is 4. The summed E-state index contributed by atoms with van der Waals surface area (Å²) in [5, 5.41) is 0.720. The van der Waals surface area contributed by atoms with Crippen molar-refractivity contribution in [2.24, 2.45) is 5.73 Å². The molecule has 2 N–H and O–H groups in total. The summed E-state index contributed by atoms with van der Waals surface area (Å²) in [6.07, 6.45) is 0.758. The van der Waals surface area contributed by atoms with Crippen LogP contribution in [0.5, 0.6) is 0 Å². The van der Waals surface area contributed by atoms with Crippen LogP contribution in [0.25, 0.3) is 0 Å². The largest absolute Gasteiger partial charge is 0.372 e. The molecule has 0 saturated heterocycles. The van der Waals surface area contributed by atoms with Gasteiger partial charge >= 0.3 is 0 Å². The third-order valence-electron chi connectivity index (χ3n) is 3.15. The molecular weight excluding hydrogens is 292 g/mol. The number of nitrogens with zero attached hydrogens (tertiary/aromatic N) is 1. The molecule has 1 heterocycles. The molecule has 2 atom stereocenters. The number of thiazole rings is 1. The van der Waals surface area contributed by atoms with Crippen molar-refractivity contribution in [2.75, 3.05) is 6.61 Å². The second-order valence-corrected chi connectivity index (χ2v) is 6.19. The van der Waals surface area contributed by atoms with Crippen LogP contribution >= 0.6 is 22.9 Å². The van der Waals surface area contributed by atoms with E-state index >= 15 is 0 Å². The molecule has 2 unspecified atom stereocenters. The first-order chi connectivity index (χ1) is 9.58. The maximum Gasteiger partial charge on any atom is 0.0973 e. The summed E-state index contributed by atoms with van der Waals surface area (Å²) in [5.74, 6) is 0. The fourth-order valence-corrected chi connectivity index (χ4v) is 2.94. The summed E-state index contributed by atoms with van der Waals surface area (Å²) in [7, 11) is 0. The quantitative estimate of drug-likeness (QED) is 0.884. The number of hydrogen-bond donors (Lipinski definition) is 1. The van der Waals surface area contributed by atoms with Crippen molar-refractivity contribution in [3.8, 4) is 0 Å². The third-order valence-corrected chi connectivity index (χ3v) is 4.39. The van der Waals surface area contributed by atoms with E-state index < -0.39 is 0 Å². The molecule has 0 saturated carbocycles. The van der Waals surface area contributed by atoms with Gasteiger partial charge in [0.25, 0.3) is 0 Å². The molecule has 0 fully saturated rings. The Morgan fingerprint density at radius 1 is 1.35 bits per heavy atom. The predicted molar refractivity (Wildman–Crippen MR) is 84.3 cm³/mol. The monoisotopic (exact) mass is 310 g/mol. The minimum absolute atomic E-state index is 0.0706. The van der Waals surface area contributed by atoms with Gasteiger partial charge in [-0.3, -0.25) is 0 Å². The van der Waals surface area contributed by atoms with Gasteiger partial charge in [0.05, 0.1) is 23.9 Å². The number of ether oxygens (including phenoxy) is 1. The Labute approximate surface area is 128 Å². The molecule has 3 nitrogen and oxygen atoms in total. The van der Waals surface area contributed by atoms with E-state index in [-0.39, 0.29) is 12.1 Å². The zero-order valence-electron chi connectivity index (χ0n) is 11.7. The van der Waals surface area contributed by atoms with Crippen molar-refractivity contribution in [3.05, 3.63) is 50.9 Å². The molecule has 0 bridgehead atoms. The first kappa shape index (κ1) is 15.4. The summed E-state index contributed by atoms with van der Waals surface area (Å²) in [6.45, 7) is 4.61. The Bertz CT molecular complexity index is 539. The van der Waals surface area contributed by atoms with Gasteiger partial charge in [-0.15, -0.1) is 11.3 Å². The van der Waals surface area contributed by atoms with Crippen molar-refractivity contribution in [1.29, 1.82) is 0 Å². The minimum Gasteiger partial charge on any atom is -0.372 e. The summed E-state index contributed by atoms with van der Waals surface area (Å²) >= 11 is 7.58. The number of benzene rings is 1. The van der Waals surface area contributed by atoms with Crippen LogP contribution in [-0.4, -0.2) is 17.6 Å². The maximum atomic E-state index is 6.03. The van der Waals surface area contributed by atoms with Crippen molar-refractivity contribution in [3.63, 3.8) is 0 Å². The second-order valence-electron chi connectivity index (χ2n) is 4.81. The predicted octanol–water partition coefficient (Wildman–Crippen LogP) is 3.75. The molecule has 0 aliphatic heterocycles. The SMILES string of the molecule is Cc1ncsc1CCOC(c1ccc(Cl)cc1)C(C)N. The Balaban J connectivity index is 1.96. The van der Waals surface area contributed by atoms with Crippen LogP contribution in [0.4, 0.5) is 0 Å². The van der Waals surface area contributed by atoms with Crippen LogP contribution < -0.4 is 5.73 Å². The van der Waals surface area contributed by atoms with E-state index in [9.17, 15) is 0 Å². The van der Waals surface area contributed by atoms with Gasteiger partial charge in [-0.2, -0.15) is 0 Å². The summed E-state index contributed by atoms with van der Waals surface area (Å²) in [4.78, 5) is 5.51. The summed E-state index contributed by atoms with van der Waals surface area (Å²) in [6, 6.07) is 7.59. The Morgan fingerprint density at radius 3 is 2.60 bits per heavy atom. The molecule has 2 aromatic rings. The molecule has 2 rings (SSSR count). The molecule has 5 heteroatoms. The standard InChI is InChI=1S/C15H19ClN2OS/c1-10(17)15(12-3-5-13(16)6-4-12)19-8-7-14-11(2)18-9-20-14/h3-6,9-10,15H,7-8,17H2,1-2H3. The smallest absolute Gasteiger partial charge is 0.0973 e. The Kier molecular flexibility index (Phi) is 5.54. The van der Waals surface area contributed by atoms with E-state index in [0.29, 0.717) is 6.61 Å². The first-order valence-corrected chi connectivity index (χ1v) is 7.85. The van der Waals surface area contributed by atoms with E-state index in [1.807, 2.05) is 43.6 Å². The van der Waals surface area contributed by atoms with Gasteiger partial charge in [-0.1, -0.05) is 23.7 Å². The van der Waals surface area contributed by atoms with Crippen molar-refractivity contribution < 1.29 is 4.74 Å². The minimum atomic E-state index is -0.111. The molecule has 0 spiro atoms. The fourth-order valence-electron chi connectivity index (χ4n) is 2.05. The van der Waals surface area contributed by atoms with E-state index in [0.717, 1.165) is 22.7 Å². The molecule has 20 heavy (non-hydrogen) atoms. The number of nitrogens with two attached hydrogens (primary N) is 1. The molecular formula is C15H19ClN2OS. The molecule has 0 aliphatic carbocycles.